The van der Waals surface area contributed by atoms with Gasteiger partial charge in [-0.2, -0.15) is 5.10 Å². The first-order chi connectivity index (χ1) is 10.7. The van der Waals surface area contributed by atoms with Crippen LogP contribution in [0.3, 0.4) is 0 Å². The summed E-state index contributed by atoms with van der Waals surface area (Å²) in [5.74, 6) is -0.506. The van der Waals surface area contributed by atoms with Gasteiger partial charge < -0.3 is 5.32 Å². The summed E-state index contributed by atoms with van der Waals surface area (Å²) in [5.41, 5.74) is 2.16. The molecule has 0 aliphatic carbocycles. The van der Waals surface area contributed by atoms with E-state index >= 15 is 0 Å². The van der Waals surface area contributed by atoms with E-state index in [0.717, 1.165) is 0 Å². The van der Waals surface area contributed by atoms with Gasteiger partial charge in [-0.1, -0.05) is 18.2 Å². The molecule has 0 aliphatic heterocycles. The Balaban J connectivity index is 1.72. The molecule has 3 aromatic rings. The summed E-state index contributed by atoms with van der Waals surface area (Å²) in [5, 5.41) is 7.04. The second-order valence-electron chi connectivity index (χ2n) is 4.95. The molecule has 0 unspecified atom stereocenters. The molecule has 0 atom stereocenters. The van der Waals surface area contributed by atoms with Gasteiger partial charge in [0.1, 0.15) is 11.4 Å². The molecule has 0 fully saturated rings. The number of fused-ring (bicyclic) bond motifs is 1. The molecule has 22 heavy (non-hydrogen) atoms. The molecule has 1 amide bonds. The first kappa shape index (κ1) is 14.2. The highest BCUT2D eigenvalue weighted by Crippen LogP contribution is 2.12. The lowest BCUT2D eigenvalue weighted by Gasteiger charge is -2.05. The van der Waals surface area contributed by atoms with Crippen LogP contribution < -0.4 is 5.32 Å². The van der Waals surface area contributed by atoms with Crippen molar-refractivity contribution >= 4 is 11.6 Å². The molecule has 0 radical (unpaired) electrons. The third kappa shape index (κ3) is 2.67. The molecule has 2 aromatic heterocycles. The number of nitrogens with zero attached hydrogens (tertiary/aromatic N) is 3. The maximum absolute atomic E-state index is 13.5. The second-order valence-corrected chi connectivity index (χ2v) is 4.95. The van der Waals surface area contributed by atoms with Crippen molar-refractivity contribution in [3.8, 4) is 0 Å². The summed E-state index contributed by atoms with van der Waals surface area (Å²) in [7, 11) is 0. The molecule has 0 spiro atoms. The number of rotatable bonds is 4. The third-order valence-corrected chi connectivity index (χ3v) is 3.44. The van der Waals surface area contributed by atoms with E-state index in [1.165, 1.54) is 6.07 Å². The minimum atomic E-state index is -0.259. The van der Waals surface area contributed by atoms with Crippen molar-refractivity contribution in [2.24, 2.45) is 0 Å². The Morgan fingerprint density at radius 3 is 2.95 bits per heavy atom. The van der Waals surface area contributed by atoms with Crippen molar-refractivity contribution in [1.29, 1.82) is 0 Å². The topological polar surface area (TPSA) is 59.3 Å². The van der Waals surface area contributed by atoms with E-state index in [1.807, 2.05) is 0 Å². The number of hydrogen-bond donors (Lipinski definition) is 1. The van der Waals surface area contributed by atoms with Gasteiger partial charge in [-0.25, -0.2) is 13.9 Å². The number of amides is 1. The molecule has 3 rings (SSSR count). The van der Waals surface area contributed by atoms with Gasteiger partial charge in [-0.05, 0) is 31.0 Å². The maximum Gasteiger partial charge on any atom is 0.257 e. The van der Waals surface area contributed by atoms with Gasteiger partial charge in [0, 0.05) is 18.9 Å². The van der Waals surface area contributed by atoms with Crippen molar-refractivity contribution in [2.75, 3.05) is 6.54 Å². The molecule has 112 valence electrons. The van der Waals surface area contributed by atoms with E-state index in [1.54, 1.807) is 48.1 Å². The highest BCUT2D eigenvalue weighted by Gasteiger charge is 2.17. The van der Waals surface area contributed by atoms with Crippen LogP contribution >= 0.6 is 0 Å². The summed E-state index contributed by atoms with van der Waals surface area (Å²) in [6, 6.07) is 8.30. The fourth-order valence-electron chi connectivity index (χ4n) is 2.36. The van der Waals surface area contributed by atoms with E-state index in [2.05, 4.69) is 15.4 Å². The zero-order valence-corrected chi connectivity index (χ0v) is 12.1. The SMILES string of the molecule is Cc1nn2cccnc2c1C(=O)NCCc1ccccc1F. The van der Waals surface area contributed by atoms with Crippen LogP contribution in [-0.4, -0.2) is 27.0 Å². The zero-order chi connectivity index (χ0) is 15.5. The van der Waals surface area contributed by atoms with Crippen molar-refractivity contribution in [2.45, 2.75) is 13.3 Å². The molecule has 5 nitrogen and oxygen atoms in total. The van der Waals surface area contributed by atoms with Crippen LogP contribution in [-0.2, 0) is 6.42 Å². The summed E-state index contributed by atoms with van der Waals surface area (Å²) < 4.78 is 15.1. The molecule has 0 aliphatic rings. The van der Waals surface area contributed by atoms with Gasteiger partial charge in [0.25, 0.3) is 5.91 Å². The van der Waals surface area contributed by atoms with Crippen LogP contribution in [0.1, 0.15) is 21.6 Å². The normalized spacial score (nSPS) is 10.8. The van der Waals surface area contributed by atoms with Crippen LogP contribution in [0.5, 0.6) is 0 Å². The number of hydrogen-bond acceptors (Lipinski definition) is 3. The van der Waals surface area contributed by atoms with Gasteiger partial charge >= 0.3 is 0 Å². The quantitative estimate of drug-likeness (QED) is 0.803. The van der Waals surface area contributed by atoms with Gasteiger partial charge in [0.05, 0.1) is 5.69 Å². The molecule has 6 heteroatoms. The van der Waals surface area contributed by atoms with Gasteiger partial charge in [0.15, 0.2) is 5.65 Å². The molecule has 1 aromatic carbocycles. The minimum Gasteiger partial charge on any atom is -0.352 e. The molecular formula is C16H15FN4O. The number of nitrogens with one attached hydrogen (secondary N) is 1. The largest absolute Gasteiger partial charge is 0.352 e. The van der Waals surface area contributed by atoms with Gasteiger partial charge in [-0.15, -0.1) is 0 Å². The van der Waals surface area contributed by atoms with Crippen molar-refractivity contribution in [3.63, 3.8) is 0 Å². The monoisotopic (exact) mass is 298 g/mol. The van der Waals surface area contributed by atoms with Crippen LogP contribution in [0.2, 0.25) is 0 Å². The lowest BCUT2D eigenvalue weighted by atomic mass is 10.1. The number of benzene rings is 1. The third-order valence-electron chi connectivity index (χ3n) is 3.44. The Morgan fingerprint density at radius 2 is 2.14 bits per heavy atom. The molecule has 0 saturated heterocycles. The first-order valence-electron chi connectivity index (χ1n) is 6.98. The van der Waals surface area contributed by atoms with Crippen molar-refractivity contribution in [3.05, 3.63) is 65.4 Å². The Bertz CT molecular complexity index is 828. The lowest BCUT2D eigenvalue weighted by Crippen LogP contribution is -2.26. The fourth-order valence-corrected chi connectivity index (χ4v) is 2.36. The average molecular weight is 298 g/mol. The smallest absolute Gasteiger partial charge is 0.257 e. The Hall–Kier alpha value is -2.76. The molecule has 1 N–H and O–H groups in total. The van der Waals surface area contributed by atoms with E-state index in [4.69, 9.17) is 0 Å². The average Bonchev–Trinajstić information content (AvgIpc) is 2.85. The Kier molecular flexibility index (Phi) is 3.82. The first-order valence-corrected chi connectivity index (χ1v) is 6.98. The molecular weight excluding hydrogens is 283 g/mol. The maximum atomic E-state index is 13.5. The van der Waals surface area contributed by atoms with E-state index in [0.29, 0.717) is 35.4 Å². The molecule has 0 saturated carbocycles. The van der Waals surface area contributed by atoms with Crippen LogP contribution in [0.15, 0.2) is 42.7 Å². The summed E-state index contributed by atoms with van der Waals surface area (Å²) in [4.78, 5) is 16.5. The number of aromatic nitrogens is 3. The van der Waals surface area contributed by atoms with E-state index < -0.39 is 0 Å². The summed E-state index contributed by atoms with van der Waals surface area (Å²) >= 11 is 0. The second kappa shape index (κ2) is 5.93. The fraction of sp³-hybridized carbons (Fsp3) is 0.188. The standard InChI is InChI=1S/C16H15FN4O/c1-11-14(15-18-8-4-10-21(15)20-11)16(22)19-9-7-12-5-2-3-6-13(12)17/h2-6,8,10H,7,9H2,1H3,(H,19,22). The number of halogens is 1. The highest BCUT2D eigenvalue weighted by molar-refractivity contribution is 6.00. The Morgan fingerprint density at radius 1 is 1.32 bits per heavy atom. The minimum absolute atomic E-state index is 0.248. The Labute approximate surface area is 126 Å². The molecule has 0 bridgehead atoms. The van der Waals surface area contributed by atoms with E-state index in [-0.39, 0.29) is 11.7 Å². The van der Waals surface area contributed by atoms with Gasteiger partial charge in [-0.3, -0.25) is 4.79 Å². The summed E-state index contributed by atoms with van der Waals surface area (Å²) in [6.45, 7) is 2.11. The predicted molar refractivity (Wildman–Crippen MR) is 80.2 cm³/mol. The number of carbonyl (C=O) groups excluding carboxylic acids is 1. The van der Waals surface area contributed by atoms with Gasteiger partial charge in [0.2, 0.25) is 0 Å². The highest BCUT2D eigenvalue weighted by atomic mass is 19.1. The zero-order valence-electron chi connectivity index (χ0n) is 12.1. The van der Waals surface area contributed by atoms with Crippen LogP contribution in [0.25, 0.3) is 5.65 Å². The van der Waals surface area contributed by atoms with Crippen molar-refractivity contribution in [1.82, 2.24) is 19.9 Å². The van der Waals surface area contributed by atoms with Crippen LogP contribution in [0, 0.1) is 12.7 Å². The lowest BCUT2D eigenvalue weighted by molar-refractivity contribution is 0.0955. The summed E-state index contributed by atoms with van der Waals surface area (Å²) in [6.07, 6.45) is 3.79. The van der Waals surface area contributed by atoms with Crippen molar-refractivity contribution < 1.29 is 9.18 Å². The predicted octanol–water partition coefficient (Wildman–Crippen LogP) is 2.15. The van der Waals surface area contributed by atoms with E-state index in [9.17, 15) is 9.18 Å². The van der Waals surface area contributed by atoms with Crippen LogP contribution in [0.4, 0.5) is 4.39 Å². The molecule has 2 heterocycles. The number of aryl methyl sites for hydroxylation is 1. The number of carbonyl (C=O) groups is 1.